The molecule has 8 nitrogen and oxygen atoms in total. The molecule has 0 heterocycles. The van der Waals surface area contributed by atoms with Crippen LogP contribution >= 0.6 is 7.60 Å². The summed E-state index contributed by atoms with van der Waals surface area (Å²) in [7, 11) is -1.51. The zero-order valence-corrected chi connectivity index (χ0v) is 17.1. The summed E-state index contributed by atoms with van der Waals surface area (Å²) in [6, 6.07) is 9.29. The van der Waals surface area contributed by atoms with Gasteiger partial charge in [-0.05, 0) is 19.4 Å². The highest BCUT2D eigenvalue weighted by Crippen LogP contribution is 2.62. The normalized spacial score (nSPS) is 11.9. The van der Waals surface area contributed by atoms with Gasteiger partial charge in [0.25, 0.3) is 0 Å². The van der Waals surface area contributed by atoms with E-state index in [2.05, 4.69) is 5.32 Å². The van der Waals surface area contributed by atoms with Crippen molar-refractivity contribution in [3.8, 4) is 0 Å². The fourth-order valence-electron chi connectivity index (χ4n) is 2.59. The van der Waals surface area contributed by atoms with Gasteiger partial charge in [-0.2, -0.15) is 0 Å². The lowest BCUT2D eigenvalue weighted by atomic mass is 10.1. The Morgan fingerprint density at radius 1 is 0.963 bits per heavy atom. The van der Waals surface area contributed by atoms with Crippen molar-refractivity contribution >= 4 is 19.5 Å². The van der Waals surface area contributed by atoms with Crippen LogP contribution in [0.3, 0.4) is 0 Å². The van der Waals surface area contributed by atoms with Crippen LogP contribution in [0.2, 0.25) is 0 Å². The number of carbonyl (C=O) groups is 2. The number of methoxy groups -OCH3 is 2. The Kier molecular flexibility index (Phi) is 9.66. The molecule has 0 fully saturated rings. The van der Waals surface area contributed by atoms with E-state index in [-0.39, 0.29) is 32.6 Å². The van der Waals surface area contributed by atoms with Gasteiger partial charge in [-0.15, -0.1) is 0 Å². The number of esters is 2. The van der Waals surface area contributed by atoms with Crippen LogP contribution in [0.15, 0.2) is 30.3 Å². The number of ether oxygens (including phenoxy) is 2. The van der Waals surface area contributed by atoms with Crippen molar-refractivity contribution in [2.45, 2.75) is 38.5 Å². The Morgan fingerprint density at radius 2 is 1.44 bits per heavy atom. The van der Waals surface area contributed by atoms with Crippen LogP contribution in [0.5, 0.6) is 0 Å². The van der Waals surface area contributed by atoms with Crippen molar-refractivity contribution in [1.82, 2.24) is 5.32 Å². The standard InChI is InChI=1S/C18H28NO7P/c1-5-25-27(22,26-6-2)18(12-16(20)23-3,13-17(21)24-4)19-14-15-10-8-7-9-11-15/h7-11,19H,5-6,12-14H2,1-4H3. The molecule has 0 amide bonds. The monoisotopic (exact) mass is 401 g/mol. The largest absolute Gasteiger partial charge is 0.469 e. The fraction of sp³-hybridized carbons (Fsp3) is 0.556. The van der Waals surface area contributed by atoms with Crippen molar-refractivity contribution in [1.29, 1.82) is 0 Å². The lowest BCUT2D eigenvalue weighted by Gasteiger charge is -2.38. The van der Waals surface area contributed by atoms with E-state index in [4.69, 9.17) is 18.5 Å². The molecule has 0 saturated heterocycles. The minimum Gasteiger partial charge on any atom is -0.469 e. The molecule has 27 heavy (non-hydrogen) atoms. The molecule has 9 heteroatoms. The molecule has 1 N–H and O–H groups in total. The molecule has 0 unspecified atom stereocenters. The fourth-order valence-corrected chi connectivity index (χ4v) is 4.75. The molecule has 0 aliphatic carbocycles. The third-order valence-electron chi connectivity index (χ3n) is 3.92. The molecule has 0 aliphatic heterocycles. The summed E-state index contributed by atoms with van der Waals surface area (Å²) < 4.78 is 34.1. The lowest BCUT2D eigenvalue weighted by Crippen LogP contribution is -2.49. The van der Waals surface area contributed by atoms with Crippen molar-refractivity contribution in [3.05, 3.63) is 35.9 Å². The van der Waals surface area contributed by atoms with Crippen LogP contribution in [0.1, 0.15) is 32.3 Å². The molecule has 1 rings (SSSR count). The first-order valence-electron chi connectivity index (χ1n) is 8.68. The highest BCUT2D eigenvalue weighted by Gasteiger charge is 2.54. The summed E-state index contributed by atoms with van der Waals surface area (Å²) in [6.07, 6.45) is -0.772. The summed E-state index contributed by atoms with van der Waals surface area (Å²) in [5.74, 6) is -1.31. The molecule has 0 radical (unpaired) electrons. The van der Waals surface area contributed by atoms with E-state index < -0.39 is 24.8 Å². The van der Waals surface area contributed by atoms with E-state index >= 15 is 0 Å². The predicted octanol–water partition coefficient (Wildman–Crippen LogP) is 2.86. The first-order chi connectivity index (χ1) is 12.9. The molecule has 0 aromatic heterocycles. The second-order valence-electron chi connectivity index (χ2n) is 5.71. The molecular weight excluding hydrogens is 373 g/mol. The van der Waals surface area contributed by atoms with Gasteiger partial charge in [-0.25, -0.2) is 0 Å². The van der Waals surface area contributed by atoms with Crippen molar-refractivity contribution in [2.75, 3.05) is 27.4 Å². The van der Waals surface area contributed by atoms with Gasteiger partial charge in [-0.1, -0.05) is 30.3 Å². The SMILES string of the molecule is CCOP(=O)(OCC)C(CC(=O)OC)(CC(=O)OC)NCc1ccccc1. The van der Waals surface area contributed by atoms with Gasteiger partial charge < -0.3 is 18.5 Å². The first-order valence-corrected chi connectivity index (χ1v) is 10.2. The van der Waals surface area contributed by atoms with Gasteiger partial charge in [0.1, 0.15) is 5.28 Å². The van der Waals surface area contributed by atoms with Crippen molar-refractivity contribution in [3.63, 3.8) is 0 Å². The highest BCUT2D eigenvalue weighted by atomic mass is 31.2. The third-order valence-corrected chi connectivity index (χ3v) is 6.63. The Labute approximate surface area is 160 Å². The van der Waals surface area contributed by atoms with E-state index in [0.717, 1.165) is 5.56 Å². The van der Waals surface area contributed by atoms with Gasteiger partial charge in [0.2, 0.25) is 0 Å². The topological polar surface area (TPSA) is 100 Å². The molecule has 1 aromatic carbocycles. The molecule has 0 saturated carbocycles. The summed E-state index contributed by atoms with van der Waals surface area (Å²) >= 11 is 0. The maximum absolute atomic E-state index is 13.6. The summed E-state index contributed by atoms with van der Waals surface area (Å²) in [5, 5.41) is 1.45. The third kappa shape index (κ3) is 6.43. The number of nitrogens with one attached hydrogen (secondary N) is 1. The van der Waals surface area contributed by atoms with Crippen molar-refractivity contribution < 1.29 is 32.7 Å². The lowest BCUT2D eigenvalue weighted by molar-refractivity contribution is -0.144. The Hall–Kier alpha value is -1.73. The van der Waals surface area contributed by atoms with Crippen LogP contribution in [0.25, 0.3) is 0 Å². The van der Waals surface area contributed by atoms with Gasteiger partial charge in [0, 0.05) is 6.54 Å². The molecule has 0 spiro atoms. The molecule has 152 valence electrons. The van der Waals surface area contributed by atoms with Gasteiger partial charge in [0.05, 0.1) is 40.3 Å². The van der Waals surface area contributed by atoms with Crippen LogP contribution in [0, 0.1) is 0 Å². The Morgan fingerprint density at radius 3 is 1.85 bits per heavy atom. The minimum atomic E-state index is -3.94. The van der Waals surface area contributed by atoms with E-state index in [9.17, 15) is 14.2 Å². The molecule has 0 bridgehead atoms. The number of hydrogen-bond acceptors (Lipinski definition) is 8. The van der Waals surface area contributed by atoms with E-state index in [1.54, 1.807) is 13.8 Å². The average Bonchev–Trinajstić information content (AvgIpc) is 2.66. The number of benzene rings is 1. The van der Waals surface area contributed by atoms with Crippen LogP contribution in [0.4, 0.5) is 0 Å². The smallest absolute Gasteiger partial charge is 0.351 e. The Balaban J connectivity index is 3.37. The zero-order chi connectivity index (χ0) is 20.3. The number of carbonyl (C=O) groups excluding carboxylic acids is 2. The predicted molar refractivity (Wildman–Crippen MR) is 100 cm³/mol. The van der Waals surface area contributed by atoms with Gasteiger partial charge >= 0.3 is 19.5 Å². The van der Waals surface area contributed by atoms with E-state index in [1.165, 1.54) is 14.2 Å². The van der Waals surface area contributed by atoms with E-state index in [1.807, 2.05) is 30.3 Å². The minimum absolute atomic E-state index is 0.0778. The highest BCUT2D eigenvalue weighted by molar-refractivity contribution is 7.55. The maximum Gasteiger partial charge on any atom is 0.351 e. The van der Waals surface area contributed by atoms with Crippen molar-refractivity contribution in [2.24, 2.45) is 0 Å². The van der Waals surface area contributed by atoms with Gasteiger partial charge in [-0.3, -0.25) is 19.5 Å². The average molecular weight is 401 g/mol. The molecule has 1 aromatic rings. The molecule has 0 aliphatic rings. The van der Waals surface area contributed by atoms with Gasteiger partial charge in [0.15, 0.2) is 0 Å². The molecule has 0 atom stereocenters. The number of hydrogen-bond donors (Lipinski definition) is 1. The first kappa shape index (κ1) is 23.3. The Bertz CT molecular complexity index is 622. The summed E-state index contributed by atoms with van der Waals surface area (Å²) in [4.78, 5) is 24.2. The second-order valence-corrected chi connectivity index (χ2v) is 8.08. The maximum atomic E-state index is 13.6. The second kappa shape index (κ2) is 11.2. The van der Waals surface area contributed by atoms with Crippen LogP contribution in [-0.2, 0) is 39.2 Å². The summed E-state index contributed by atoms with van der Waals surface area (Å²) in [6.45, 7) is 3.70. The number of rotatable bonds is 12. The quantitative estimate of drug-likeness (QED) is 0.422. The zero-order valence-electron chi connectivity index (χ0n) is 16.2. The van der Waals surface area contributed by atoms with Crippen LogP contribution < -0.4 is 5.32 Å². The van der Waals surface area contributed by atoms with Crippen LogP contribution in [-0.4, -0.2) is 44.7 Å². The molecular formula is C18H28NO7P. The summed E-state index contributed by atoms with van der Waals surface area (Å²) in [5.41, 5.74) is 0.871. The van der Waals surface area contributed by atoms with E-state index in [0.29, 0.717) is 0 Å².